The molecule has 6 heteroatoms. The van der Waals surface area contributed by atoms with Crippen LogP contribution in [-0.4, -0.2) is 19.4 Å². The number of nitrogens with one attached hydrogen (secondary N) is 1. The van der Waals surface area contributed by atoms with Crippen LogP contribution in [0.25, 0.3) is 0 Å². The molecule has 0 atom stereocenters. The minimum absolute atomic E-state index is 0.291. The largest absolute Gasteiger partial charge is 0.496 e. The highest BCUT2D eigenvalue weighted by atomic mass is 79.9. The van der Waals surface area contributed by atoms with Crippen molar-refractivity contribution in [3.8, 4) is 11.5 Å². The van der Waals surface area contributed by atoms with Crippen molar-refractivity contribution in [3.63, 3.8) is 0 Å². The van der Waals surface area contributed by atoms with Gasteiger partial charge in [-0.3, -0.25) is 0 Å². The maximum atomic E-state index is 6.05. The highest BCUT2D eigenvalue weighted by molar-refractivity contribution is 9.10. The maximum Gasteiger partial charge on any atom is 0.260 e. The molecule has 0 radical (unpaired) electrons. The summed E-state index contributed by atoms with van der Waals surface area (Å²) in [6.07, 6.45) is 0.986. The fourth-order valence-electron chi connectivity index (χ4n) is 2.52. The lowest BCUT2D eigenvalue weighted by atomic mass is 10.1. The maximum absolute atomic E-state index is 6.05. The van der Waals surface area contributed by atoms with Crippen LogP contribution >= 0.6 is 28.1 Å². The quantitative estimate of drug-likeness (QED) is 0.642. The number of ether oxygens (including phenoxy) is 3. The summed E-state index contributed by atoms with van der Waals surface area (Å²) in [7, 11) is 3.16. The second kappa shape index (κ2) is 9.06. The van der Waals surface area contributed by atoms with Gasteiger partial charge in [0.2, 0.25) is 0 Å². The van der Waals surface area contributed by atoms with Gasteiger partial charge in [-0.1, -0.05) is 13.0 Å². The SMILES string of the molecule is CCc1cc(Br)c(OCc2c(NC(=S)OC)cccc2OC)cc1C. The first-order chi connectivity index (χ1) is 12.0. The fourth-order valence-corrected chi connectivity index (χ4v) is 3.14. The van der Waals surface area contributed by atoms with E-state index in [0.717, 1.165) is 33.6 Å². The van der Waals surface area contributed by atoms with Gasteiger partial charge in [0.25, 0.3) is 5.17 Å². The molecule has 2 aromatic carbocycles. The molecule has 0 saturated heterocycles. The number of thiocarbonyl (C=S) groups is 1. The van der Waals surface area contributed by atoms with Crippen LogP contribution in [0.1, 0.15) is 23.6 Å². The van der Waals surface area contributed by atoms with Crippen molar-refractivity contribution in [1.82, 2.24) is 0 Å². The van der Waals surface area contributed by atoms with E-state index in [-0.39, 0.29) is 0 Å². The van der Waals surface area contributed by atoms with Crippen molar-refractivity contribution in [1.29, 1.82) is 0 Å². The summed E-state index contributed by atoms with van der Waals surface area (Å²) in [5.41, 5.74) is 4.17. The van der Waals surface area contributed by atoms with E-state index in [1.807, 2.05) is 24.3 Å². The van der Waals surface area contributed by atoms with E-state index in [1.54, 1.807) is 7.11 Å². The monoisotopic (exact) mass is 423 g/mol. The molecule has 0 unspecified atom stereocenters. The summed E-state index contributed by atoms with van der Waals surface area (Å²) in [4.78, 5) is 0. The van der Waals surface area contributed by atoms with E-state index in [9.17, 15) is 0 Å². The van der Waals surface area contributed by atoms with Crippen LogP contribution in [0.5, 0.6) is 11.5 Å². The standard InChI is InChI=1S/C19H22BrNO3S/c1-5-13-10-15(20)18(9-12(13)2)24-11-14-16(21-19(25)23-4)7-6-8-17(14)22-3/h6-10H,5,11H2,1-4H3,(H,21,25). The zero-order valence-electron chi connectivity index (χ0n) is 14.8. The predicted octanol–water partition coefficient (Wildman–Crippen LogP) is 5.25. The molecule has 0 spiro atoms. The Balaban J connectivity index is 2.28. The molecule has 134 valence electrons. The molecular formula is C19H22BrNO3S. The van der Waals surface area contributed by atoms with E-state index >= 15 is 0 Å². The molecule has 0 aliphatic carbocycles. The first kappa shape index (κ1) is 19.5. The minimum atomic E-state index is 0.291. The first-order valence-corrected chi connectivity index (χ1v) is 9.12. The van der Waals surface area contributed by atoms with Crippen LogP contribution in [0.2, 0.25) is 0 Å². The minimum Gasteiger partial charge on any atom is -0.496 e. The van der Waals surface area contributed by atoms with E-state index in [4.69, 9.17) is 26.4 Å². The number of hydrogen-bond acceptors (Lipinski definition) is 4. The Morgan fingerprint density at radius 3 is 2.60 bits per heavy atom. The smallest absolute Gasteiger partial charge is 0.260 e. The third kappa shape index (κ3) is 4.86. The third-order valence-electron chi connectivity index (χ3n) is 3.92. The van der Waals surface area contributed by atoms with E-state index < -0.39 is 0 Å². The lowest BCUT2D eigenvalue weighted by Gasteiger charge is -2.17. The Morgan fingerprint density at radius 2 is 1.96 bits per heavy atom. The molecule has 1 N–H and O–H groups in total. The van der Waals surface area contributed by atoms with Gasteiger partial charge < -0.3 is 19.5 Å². The number of anilines is 1. The molecule has 0 saturated carbocycles. The Hall–Kier alpha value is -1.79. The van der Waals surface area contributed by atoms with Crippen molar-refractivity contribution >= 4 is 39.0 Å². The van der Waals surface area contributed by atoms with E-state index in [0.29, 0.717) is 11.8 Å². The molecule has 0 fully saturated rings. The van der Waals surface area contributed by atoms with Gasteiger partial charge in [0.05, 0.1) is 29.9 Å². The molecule has 4 nitrogen and oxygen atoms in total. The summed E-state index contributed by atoms with van der Waals surface area (Å²) in [5, 5.41) is 3.34. The summed E-state index contributed by atoms with van der Waals surface area (Å²) >= 11 is 8.69. The third-order valence-corrected chi connectivity index (χ3v) is 4.81. The van der Waals surface area contributed by atoms with Gasteiger partial charge in [-0.05, 0) is 76.9 Å². The van der Waals surface area contributed by atoms with Crippen LogP contribution in [0.15, 0.2) is 34.8 Å². The predicted molar refractivity (Wildman–Crippen MR) is 109 cm³/mol. The number of methoxy groups -OCH3 is 2. The van der Waals surface area contributed by atoms with Crippen LogP contribution in [0, 0.1) is 6.92 Å². The first-order valence-electron chi connectivity index (χ1n) is 7.92. The summed E-state index contributed by atoms with van der Waals surface area (Å²) < 4.78 is 17.5. The molecule has 0 aliphatic heterocycles. The Bertz CT molecular complexity index is 765. The average molecular weight is 424 g/mol. The van der Waals surface area contributed by atoms with Gasteiger partial charge in [0.15, 0.2) is 0 Å². The molecule has 0 heterocycles. The molecule has 2 rings (SSSR count). The van der Waals surface area contributed by atoms with Gasteiger partial charge in [0.1, 0.15) is 18.1 Å². The van der Waals surface area contributed by atoms with Crippen molar-refractivity contribution in [3.05, 3.63) is 51.5 Å². The Labute approximate surface area is 162 Å². The number of aryl methyl sites for hydroxylation is 2. The van der Waals surface area contributed by atoms with Gasteiger partial charge in [-0.15, -0.1) is 0 Å². The highest BCUT2D eigenvalue weighted by Gasteiger charge is 2.13. The topological polar surface area (TPSA) is 39.7 Å². The number of benzene rings is 2. The van der Waals surface area contributed by atoms with Crippen molar-refractivity contribution in [2.75, 3.05) is 19.5 Å². The fraction of sp³-hybridized carbons (Fsp3) is 0.316. The number of hydrogen-bond donors (Lipinski definition) is 1. The molecule has 25 heavy (non-hydrogen) atoms. The zero-order valence-corrected chi connectivity index (χ0v) is 17.2. The molecule has 0 aliphatic rings. The Morgan fingerprint density at radius 1 is 1.20 bits per heavy atom. The van der Waals surface area contributed by atoms with Crippen molar-refractivity contribution < 1.29 is 14.2 Å². The van der Waals surface area contributed by atoms with Crippen LogP contribution < -0.4 is 14.8 Å². The van der Waals surface area contributed by atoms with Crippen LogP contribution in [0.3, 0.4) is 0 Å². The number of halogens is 1. The summed E-state index contributed by atoms with van der Waals surface area (Å²) in [5.74, 6) is 1.52. The highest BCUT2D eigenvalue weighted by Crippen LogP contribution is 2.32. The summed E-state index contributed by atoms with van der Waals surface area (Å²) in [6, 6.07) is 9.84. The van der Waals surface area contributed by atoms with Gasteiger partial charge in [0, 0.05) is 0 Å². The lowest BCUT2D eigenvalue weighted by molar-refractivity contribution is 0.295. The van der Waals surface area contributed by atoms with Gasteiger partial charge in [-0.25, -0.2) is 0 Å². The van der Waals surface area contributed by atoms with Crippen molar-refractivity contribution in [2.45, 2.75) is 26.9 Å². The van der Waals surface area contributed by atoms with Gasteiger partial charge >= 0.3 is 0 Å². The van der Waals surface area contributed by atoms with Crippen LogP contribution in [0.4, 0.5) is 5.69 Å². The van der Waals surface area contributed by atoms with Gasteiger partial charge in [-0.2, -0.15) is 0 Å². The normalized spacial score (nSPS) is 10.3. The van der Waals surface area contributed by atoms with E-state index in [2.05, 4.69) is 41.2 Å². The number of rotatable bonds is 6. The molecule has 0 amide bonds. The zero-order chi connectivity index (χ0) is 18.4. The summed E-state index contributed by atoms with van der Waals surface area (Å²) in [6.45, 7) is 4.56. The second-order valence-corrected chi connectivity index (χ2v) is 6.68. The van der Waals surface area contributed by atoms with Crippen molar-refractivity contribution in [2.24, 2.45) is 0 Å². The van der Waals surface area contributed by atoms with Crippen LogP contribution in [-0.2, 0) is 17.8 Å². The Kier molecular flexibility index (Phi) is 7.08. The lowest BCUT2D eigenvalue weighted by Crippen LogP contribution is -2.13. The molecule has 0 bridgehead atoms. The second-order valence-electron chi connectivity index (χ2n) is 5.45. The molecular weight excluding hydrogens is 402 g/mol. The molecule has 2 aromatic rings. The molecule has 0 aromatic heterocycles. The van der Waals surface area contributed by atoms with E-state index in [1.165, 1.54) is 18.2 Å². The average Bonchev–Trinajstić information content (AvgIpc) is 2.62.